The van der Waals surface area contributed by atoms with E-state index in [1.807, 2.05) is 0 Å². The van der Waals surface area contributed by atoms with E-state index in [1.165, 1.54) is 11.1 Å². The maximum atomic E-state index is 8.94. The summed E-state index contributed by atoms with van der Waals surface area (Å²) in [4.78, 5) is 8.94. The van der Waals surface area contributed by atoms with Crippen molar-refractivity contribution < 1.29 is 4.79 Å². The van der Waals surface area contributed by atoms with Gasteiger partial charge in [0.25, 0.3) is 0 Å². The zero-order valence-corrected chi connectivity index (χ0v) is 7.37. The van der Waals surface area contributed by atoms with Gasteiger partial charge in [-0.3, -0.25) is 10.2 Å². The molecule has 3 heteroatoms. The van der Waals surface area contributed by atoms with Gasteiger partial charge in [0.2, 0.25) is 6.41 Å². The average molecular weight is 166 g/mol. The number of rotatable bonds is 1. The van der Waals surface area contributed by atoms with E-state index in [2.05, 4.69) is 44.0 Å². The highest BCUT2D eigenvalue weighted by Gasteiger charge is 1.79. The van der Waals surface area contributed by atoms with Gasteiger partial charge in [0.15, 0.2) is 0 Å². The third-order valence-corrected chi connectivity index (χ3v) is 1.29. The highest BCUT2D eigenvalue weighted by molar-refractivity contribution is 5.44. The number of carbonyl (C=O) groups excluding carboxylic acids is 1. The highest BCUT2D eigenvalue weighted by atomic mass is 16.1. The van der Waals surface area contributed by atoms with Crippen molar-refractivity contribution in [1.82, 2.24) is 5.43 Å². The van der Waals surface area contributed by atoms with Crippen molar-refractivity contribution in [2.24, 2.45) is 5.84 Å². The van der Waals surface area contributed by atoms with Crippen LogP contribution in [-0.2, 0) is 4.79 Å². The number of aryl methyl sites for hydroxylation is 2. The summed E-state index contributed by atoms with van der Waals surface area (Å²) in [6, 6.07) is 8.48. The van der Waals surface area contributed by atoms with Crippen LogP contribution in [0.25, 0.3) is 0 Å². The fourth-order valence-corrected chi connectivity index (χ4v) is 0.637. The lowest BCUT2D eigenvalue weighted by Gasteiger charge is -1.90. The van der Waals surface area contributed by atoms with E-state index in [-0.39, 0.29) is 0 Å². The fourth-order valence-electron chi connectivity index (χ4n) is 0.637. The van der Waals surface area contributed by atoms with Crippen LogP contribution in [0.5, 0.6) is 0 Å². The molecular formula is C9H14N2O. The van der Waals surface area contributed by atoms with Gasteiger partial charge in [-0.15, -0.1) is 0 Å². The summed E-state index contributed by atoms with van der Waals surface area (Å²) < 4.78 is 0. The zero-order valence-electron chi connectivity index (χ0n) is 7.37. The topological polar surface area (TPSA) is 55.1 Å². The van der Waals surface area contributed by atoms with Gasteiger partial charge in [0.1, 0.15) is 0 Å². The van der Waals surface area contributed by atoms with Crippen molar-refractivity contribution in [3.63, 3.8) is 0 Å². The van der Waals surface area contributed by atoms with Gasteiger partial charge < -0.3 is 0 Å². The van der Waals surface area contributed by atoms with Crippen LogP contribution in [0.2, 0.25) is 0 Å². The van der Waals surface area contributed by atoms with Crippen LogP contribution in [0.4, 0.5) is 0 Å². The summed E-state index contributed by atoms with van der Waals surface area (Å²) in [6.45, 7) is 4.19. The minimum Gasteiger partial charge on any atom is -0.297 e. The average Bonchev–Trinajstić information content (AvgIpc) is 2.11. The number of amides is 1. The zero-order chi connectivity index (χ0) is 9.40. The highest BCUT2D eigenvalue weighted by Crippen LogP contribution is 1.99. The minimum atomic E-state index is 0.403. The quantitative estimate of drug-likeness (QED) is 0.282. The second-order valence-electron chi connectivity index (χ2n) is 2.44. The normalized spacial score (nSPS) is 7.92. The van der Waals surface area contributed by atoms with Gasteiger partial charge in [-0.25, -0.2) is 5.84 Å². The third kappa shape index (κ3) is 5.44. The molecule has 12 heavy (non-hydrogen) atoms. The molecule has 1 rings (SSSR count). The molecule has 0 saturated carbocycles. The number of hydrogen-bond donors (Lipinski definition) is 2. The van der Waals surface area contributed by atoms with E-state index in [9.17, 15) is 0 Å². The Morgan fingerprint density at radius 1 is 1.17 bits per heavy atom. The number of carbonyl (C=O) groups is 1. The lowest BCUT2D eigenvalue weighted by atomic mass is 10.2. The second-order valence-corrected chi connectivity index (χ2v) is 2.44. The van der Waals surface area contributed by atoms with Crippen LogP contribution in [0.1, 0.15) is 11.1 Å². The van der Waals surface area contributed by atoms with Crippen LogP contribution in [0, 0.1) is 13.8 Å². The lowest BCUT2D eigenvalue weighted by Crippen LogP contribution is -2.18. The van der Waals surface area contributed by atoms with Crippen LogP contribution >= 0.6 is 0 Å². The van der Waals surface area contributed by atoms with Crippen molar-refractivity contribution >= 4 is 6.41 Å². The molecule has 0 aliphatic carbocycles. The molecule has 0 unspecified atom stereocenters. The molecule has 1 aromatic rings. The molecule has 0 saturated heterocycles. The van der Waals surface area contributed by atoms with Gasteiger partial charge in [-0.05, 0) is 13.8 Å². The van der Waals surface area contributed by atoms with E-state index in [0.717, 1.165) is 0 Å². The Kier molecular flexibility index (Phi) is 5.65. The fraction of sp³-hybridized carbons (Fsp3) is 0.222. The molecule has 3 N–H and O–H groups in total. The number of nitrogens with one attached hydrogen (secondary N) is 1. The first-order valence-electron chi connectivity index (χ1n) is 3.63. The van der Waals surface area contributed by atoms with Gasteiger partial charge >= 0.3 is 0 Å². The maximum Gasteiger partial charge on any atom is 0.221 e. The largest absolute Gasteiger partial charge is 0.297 e. The van der Waals surface area contributed by atoms with Crippen LogP contribution in [0.15, 0.2) is 24.3 Å². The first kappa shape index (κ1) is 10.7. The molecule has 0 aromatic heterocycles. The second kappa shape index (κ2) is 6.37. The molecule has 0 fully saturated rings. The van der Waals surface area contributed by atoms with Crippen molar-refractivity contribution in [1.29, 1.82) is 0 Å². The molecule has 0 spiro atoms. The van der Waals surface area contributed by atoms with Gasteiger partial charge in [-0.2, -0.15) is 0 Å². The molecule has 1 amide bonds. The SMILES string of the molecule is Cc1ccc(C)cc1.NNC=O. The van der Waals surface area contributed by atoms with Crippen LogP contribution in [0.3, 0.4) is 0 Å². The summed E-state index contributed by atoms with van der Waals surface area (Å²) in [6.07, 6.45) is 0.403. The smallest absolute Gasteiger partial charge is 0.221 e. The number of nitrogens with two attached hydrogens (primary N) is 1. The molecule has 0 heterocycles. The summed E-state index contributed by atoms with van der Waals surface area (Å²) in [5, 5.41) is 0. The maximum absolute atomic E-state index is 8.94. The van der Waals surface area contributed by atoms with E-state index >= 15 is 0 Å². The van der Waals surface area contributed by atoms with Crippen LogP contribution in [-0.4, -0.2) is 6.41 Å². The standard InChI is InChI=1S/C8H10.CH4N2O/c1-7-3-5-8(2)6-4-7;2-3-1-4/h3-6H,1-2H3;1H,2H2,(H,3,4). The van der Waals surface area contributed by atoms with Gasteiger partial charge in [0.05, 0.1) is 0 Å². The summed E-state index contributed by atoms with van der Waals surface area (Å²) in [5.74, 6) is 4.41. The van der Waals surface area contributed by atoms with Crippen molar-refractivity contribution in [2.75, 3.05) is 0 Å². The van der Waals surface area contributed by atoms with Gasteiger partial charge in [-0.1, -0.05) is 35.4 Å². The number of benzene rings is 1. The number of hydrogen-bond acceptors (Lipinski definition) is 2. The molecular weight excluding hydrogens is 152 g/mol. The minimum absolute atomic E-state index is 0.403. The predicted molar refractivity (Wildman–Crippen MR) is 49.3 cm³/mol. The third-order valence-electron chi connectivity index (χ3n) is 1.29. The Morgan fingerprint density at radius 3 is 1.58 bits per heavy atom. The summed E-state index contributed by atoms with van der Waals surface area (Å²) in [7, 11) is 0. The molecule has 0 aliphatic rings. The van der Waals surface area contributed by atoms with Crippen molar-refractivity contribution in [3.05, 3.63) is 35.4 Å². The Morgan fingerprint density at radius 2 is 1.42 bits per heavy atom. The Labute approximate surface area is 72.6 Å². The number of hydrazine groups is 1. The van der Waals surface area contributed by atoms with E-state index in [0.29, 0.717) is 6.41 Å². The summed E-state index contributed by atoms with van der Waals surface area (Å²) in [5.41, 5.74) is 4.41. The van der Waals surface area contributed by atoms with Crippen LogP contribution < -0.4 is 11.3 Å². The van der Waals surface area contributed by atoms with E-state index in [4.69, 9.17) is 4.79 Å². The molecule has 66 valence electrons. The lowest BCUT2D eigenvalue weighted by molar-refractivity contribution is -0.109. The molecule has 0 aliphatic heterocycles. The molecule has 0 radical (unpaired) electrons. The Hall–Kier alpha value is -1.35. The Bertz CT molecular complexity index is 197. The van der Waals surface area contributed by atoms with E-state index < -0.39 is 0 Å². The molecule has 3 nitrogen and oxygen atoms in total. The first-order chi connectivity index (χ1) is 5.70. The Balaban J connectivity index is 0.000000261. The monoisotopic (exact) mass is 166 g/mol. The summed E-state index contributed by atoms with van der Waals surface area (Å²) >= 11 is 0. The van der Waals surface area contributed by atoms with Crippen molar-refractivity contribution in [2.45, 2.75) is 13.8 Å². The predicted octanol–water partition coefficient (Wildman–Crippen LogP) is 0.910. The van der Waals surface area contributed by atoms with Crippen molar-refractivity contribution in [3.8, 4) is 0 Å². The first-order valence-corrected chi connectivity index (χ1v) is 3.63. The molecule has 0 bridgehead atoms. The van der Waals surface area contributed by atoms with E-state index in [1.54, 1.807) is 5.43 Å². The van der Waals surface area contributed by atoms with Gasteiger partial charge in [0, 0.05) is 0 Å². The molecule has 0 atom stereocenters. The molecule has 1 aromatic carbocycles.